The zero-order valence-corrected chi connectivity index (χ0v) is 33.9. The predicted octanol–water partition coefficient (Wildman–Crippen LogP) is 4.87. The molecule has 0 saturated carbocycles. The number of H-pyrrole nitrogens is 1. The van der Waals surface area contributed by atoms with Crippen molar-refractivity contribution in [1.82, 2.24) is 34.2 Å². The fraction of sp³-hybridized carbons (Fsp3) is 0.289. The van der Waals surface area contributed by atoms with Gasteiger partial charge in [-0.3, -0.25) is 9.59 Å². The van der Waals surface area contributed by atoms with Crippen molar-refractivity contribution in [3.05, 3.63) is 116 Å². The summed E-state index contributed by atoms with van der Waals surface area (Å²) in [5.41, 5.74) is 3.84. The molecule has 0 radical (unpaired) electrons. The van der Waals surface area contributed by atoms with Crippen molar-refractivity contribution >= 4 is 33.7 Å². The van der Waals surface area contributed by atoms with Crippen molar-refractivity contribution in [3.63, 3.8) is 0 Å². The van der Waals surface area contributed by atoms with E-state index >= 15 is 0 Å². The minimum Gasteiger partial charge on any atom is -0.508 e. The molecule has 9 rings (SSSR count). The number of fused-ring (bicyclic) bond motifs is 6. The lowest BCUT2D eigenvalue weighted by Crippen LogP contribution is -2.44. The van der Waals surface area contributed by atoms with Gasteiger partial charge in [0.1, 0.15) is 23.9 Å². The van der Waals surface area contributed by atoms with E-state index in [2.05, 4.69) is 15.5 Å². The Labute approximate surface area is 347 Å². The number of rotatable bonds is 11. The number of nitrogens with one attached hydrogen (secondary N) is 2. The topological polar surface area (TPSA) is 216 Å². The first kappa shape index (κ1) is 39.3. The molecule has 16 nitrogen and oxygen atoms in total. The molecule has 2 aliphatic rings. The van der Waals surface area contributed by atoms with E-state index in [0.717, 1.165) is 27.4 Å². The van der Waals surface area contributed by atoms with E-state index in [9.17, 15) is 34.5 Å². The Kier molecular flexibility index (Phi) is 9.54. The van der Waals surface area contributed by atoms with Gasteiger partial charge >= 0.3 is 11.7 Å². The van der Waals surface area contributed by atoms with E-state index in [1.165, 1.54) is 10.6 Å². The van der Waals surface area contributed by atoms with Crippen LogP contribution in [0.2, 0.25) is 0 Å². The lowest BCUT2D eigenvalue weighted by atomic mass is 9.86. The Balaban J connectivity index is 0.874. The van der Waals surface area contributed by atoms with Crippen molar-refractivity contribution in [2.75, 3.05) is 13.2 Å². The lowest BCUT2D eigenvalue weighted by Gasteiger charge is -2.31. The molecule has 4 aromatic heterocycles. The van der Waals surface area contributed by atoms with Gasteiger partial charge in [0.15, 0.2) is 18.0 Å². The second-order valence-corrected chi connectivity index (χ2v) is 15.7. The van der Waals surface area contributed by atoms with Crippen molar-refractivity contribution in [3.8, 4) is 45.7 Å². The molecule has 0 aliphatic carbocycles. The standard InChI is InChI=1S/C45H43N7O9/c1-5-27-29-16-26(8-9-34(29)47-40-31(27)20-51-36(40)18-33-32(42(51)56)21-61-43(57)45(33,59)6-2)60-22-39(55)46-12-14-50-13-11-24-15-25(7-10-35(24)50)52-41(48-49-44(52)58)30-17-28(23(3)4)37(53)19-38(30)54/h7-11,13,15-19,23,53-54,59H,5-6,12,14,20-22H2,1-4H3,(H,46,55)(H,49,58). The van der Waals surface area contributed by atoms with E-state index in [1.807, 2.05) is 61.9 Å². The van der Waals surface area contributed by atoms with E-state index in [-0.39, 0.29) is 72.0 Å². The number of hydrogen-bond acceptors (Lipinski definition) is 11. The number of nitrogens with zero attached hydrogens (tertiary/aromatic N) is 5. The lowest BCUT2D eigenvalue weighted by molar-refractivity contribution is -0.172. The maximum atomic E-state index is 13.7. The molecule has 2 aliphatic heterocycles. The molecule has 1 amide bonds. The number of aromatic amines is 1. The van der Waals surface area contributed by atoms with Gasteiger partial charge in [-0.15, -0.1) is 0 Å². The number of phenols is 2. The molecular formula is C45H43N7O9. The summed E-state index contributed by atoms with van der Waals surface area (Å²) in [6, 6.07) is 17.4. The number of aliphatic hydroxyl groups is 1. The third kappa shape index (κ3) is 6.41. The first-order valence-corrected chi connectivity index (χ1v) is 20.2. The molecule has 0 bridgehead atoms. The Morgan fingerprint density at radius 1 is 1.02 bits per heavy atom. The number of esters is 1. The van der Waals surface area contributed by atoms with Crippen molar-refractivity contribution in [2.24, 2.45) is 0 Å². The Bertz CT molecular complexity index is 3090. The second-order valence-electron chi connectivity index (χ2n) is 15.7. The smallest absolute Gasteiger partial charge is 0.348 e. The van der Waals surface area contributed by atoms with Crippen LogP contribution in [0, 0.1) is 0 Å². The van der Waals surface area contributed by atoms with Gasteiger partial charge < -0.3 is 39.2 Å². The average molecular weight is 826 g/mol. The van der Waals surface area contributed by atoms with E-state index < -0.39 is 17.3 Å². The quantitative estimate of drug-likeness (QED) is 0.111. The summed E-state index contributed by atoms with van der Waals surface area (Å²) in [5.74, 6) is -0.668. The van der Waals surface area contributed by atoms with Crippen molar-refractivity contribution < 1.29 is 34.4 Å². The van der Waals surface area contributed by atoms with E-state index in [1.54, 1.807) is 35.8 Å². The third-order valence-corrected chi connectivity index (χ3v) is 11.9. The van der Waals surface area contributed by atoms with Crippen LogP contribution in [0.5, 0.6) is 17.2 Å². The Hall–Kier alpha value is -7.20. The van der Waals surface area contributed by atoms with E-state index in [4.69, 9.17) is 14.5 Å². The normalized spacial score (nSPS) is 15.5. The molecule has 6 heterocycles. The first-order valence-electron chi connectivity index (χ1n) is 20.2. The first-order chi connectivity index (χ1) is 29.3. The Morgan fingerprint density at radius 2 is 1.84 bits per heavy atom. The van der Waals surface area contributed by atoms with Gasteiger partial charge in [0.2, 0.25) is 0 Å². The number of ether oxygens (including phenoxy) is 2. The maximum absolute atomic E-state index is 13.7. The summed E-state index contributed by atoms with van der Waals surface area (Å²) in [6.07, 6.45) is 2.59. The SMILES string of the molecule is CCc1c2c(nc3ccc(OCC(=O)NCCn4ccc5cc(-n6c(-c7cc(C(C)C)c(O)cc7O)n[nH]c6=O)ccc54)cc13)-c1cc3c(c(=O)n1C2)COC(=O)C3(O)CC. The number of aromatic hydroxyl groups is 2. The highest BCUT2D eigenvalue weighted by molar-refractivity contribution is 5.90. The Morgan fingerprint density at radius 3 is 2.61 bits per heavy atom. The fourth-order valence-corrected chi connectivity index (χ4v) is 8.62. The van der Waals surface area contributed by atoms with Crippen LogP contribution >= 0.6 is 0 Å². The third-order valence-electron chi connectivity index (χ3n) is 11.9. The largest absolute Gasteiger partial charge is 0.508 e. The summed E-state index contributed by atoms with van der Waals surface area (Å²) in [4.78, 5) is 57.1. The number of amides is 1. The minimum atomic E-state index is -1.91. The molecule has 61 heavy (non-hydrogen) atoms. The second kappa shape index (κ2) is 14.8. The number of aromatic nitrogens is 6. The number of carbonyl (C=O) groups excluding carboxylic acids is 2. The van der Waals surface area contributed by atoms with Gasteiger partial charge in [0.25, 0.3) is 11.5 Å². The number of carbonyl (C=O) groups is 2. The van der Waals surface area contributed by atoms with Gasteiger partial charge in [0, 0.05) is 52.8 Å². The monoisotopic (exact) mass is 825 g/mol. The molecule has 0 saturated heterocycles. The zero-order valence-electron chi connectivity index (χ0n) is 33.9. The number of phenolic OH excluding ortho intramolecular Hbond substituents is 2. The van der Waals surface area contributed by atoms with Gasteiger partial charge in [0.05, 0.1) is 40.3 Å². The van der Waals surface area contributed by atoms with Crippen LogP contribution in [0.25, 0.3) is 50.3 Å². The summed E-state index contributed by atoms with van der Waals surface area (Å²) in [5, 5.41) is 43.5. The van der Waals surface area contributed by atoms with Gasteiger partial charge in [-0.05, 0) is 84.5 Å². The van der Waals surface area contributed by atoms with Crippen LogP contribution in [-0.4, -0.2) is 69.2 Å². The van der Waals surface area contributed by atoms with Crippen molar-refractivity contribution in [2.45, 2.75) is 71.8 Å². The van der Waals surface area contributed by atoms with Gasteiger partial charge in [-0.1, -0.05) is 27.7 Å². The molecule has 5 N–H and O–H groups in total. The van der Waals surface area contributed by atoms with Crippen LogP contribution < -0.4 is 21.3 Å². The summed E-state index contributed by atoms with van der Waals surface area (Å²) >= 11 is 0. The average Bonchev–Trinajstić information content (AvgIpc) is 3.95. The molecule has 7 aromatic rings. The summed E-state index contributed by atoms with van der Waals surface area (Å²) in [7, 11) is 0. The molecule has 0 fully saturated rings. The molecule has 1 unspecified atom stereocenters. The highest BCUT2D eigenvalue weighted by atomic mass is 16.6. The number of benzene rings is 3. The number of hydrogen-bond donors (Lipinski definition) is 5. The van der Waals surface area contributed by atoms with Crippen LogP contribution in [0.1, 0.15) is 67.9 Å². The van der Waals surface area contributed by atoms with Gasteiger partial charge in [-0.25, -0.2) is 24.2 Å². The molecule has 3 aromatic carbocycles. The predicted molar refractivity (Wildman–Crippen MR) is 225 cm³/mol. The number of aryl methyl sites for hydroxylation is 1. The highest BCUT2D eigenvalue weighted by Gasteiger charge is 2.45. The zero-order chi connectivity index (χ0) is 42.9. The van der Waals surface area contributed by atoms with Crippen LogP contribution in [0.3, 0.4) is 0 Å². The number of cyclic esters (lactones) is 1. The molecule has 16 heteroatoms. The minimum absolute atomic E-state index is 0.0349. The molecule has 1 atom stereocenters. The van der Waals surface area contributed by atoms with Crippen LogP contribution in [0.4, 0.5) is 0 Å². The maximum Gasteiger partial charge on any atom is 0.348 e. The van der Waals surface area contributed by atoms with Crippen molar-refractivity contribution in [1.29, 1.82) is 0 Å². The highest BCUT2D eigenvalue weighted by Crippen LogP contribution is 2.41. The number of pyridine rings is 2. The summed E-state index contributed by atoms with van der Waals surface area (Å²) in [6.45, 7) is 8.18. The fourth-order valence-electron chi connectivity index (χ4n) is 8.62. The van der Waals surface area contributed by atoms with Gasteiger partial charge in [-0.2, -0.15) is 5.10 Å². The molecule has 0 spiro atoms. The van der Waals surface area contributed by atoms with Crippen LogP contribution in [0.15, 0.2) is 76.4 Å². The van der Waals surface area contributed by atoms with E-state index in [0.29, 0.717) is 59.0 Å². The molecule has 312 valence electrons. The van der Waals surface area contributed by atoms with Crippen LogP contribution in [-0.2, 0) is 46.0 Å². The summed E-state index contributed by atoms with van der Waals surface area (Å²) < 4.78 is 16.1. The molecular weight excluding hydrogens is 783 g/mol.